The predicted octanol–water partition coefficient (Wildman–Crippen LogP) is 8.41. The third kappa shape index (κ3) is 10.3. The molecule has 1 heteroatoms. The fourth-order valence-electron chi connectivity index (χ4n) is 2.70. The van der Waals surface area contributed by atoms with Crippen LogP contribution in [0.5, 0.6) is 0 Å². The van der Waals surface area contributed by atoms with E-state index in [-0.39, 0.29) is 0 Å². The predicted molar refractivity (Wildman–Crippen MR) is 138 cm³/mol. The molecule has 0 rings (SSSR count). The number of nitrogens with one attached hydrogen (secondary N) is 1. The Balaban J connectivity index is 5.06. The lowest BCUT2D eigenvalue weighted by atomic mass is 9.90. The molecule has 0 amide bonds. The monoisotopic (exact) mass is 405 g/mol. The highest BCUT2D eigenvalue weighted by molar-refractivity contribution is 5.54. The van der Waals surface area contributed by atoms with Crippen LogP contribution in [0, 0.1) is 11.8 Å². The van der Waals surface area contributed by atoms with Crippen LogP contribution < -0.4 is 5.32 Å². The van der Waals surface area contributed by atoms with Crippen molar-refractivity contribution in [3.63, 3.8) is 0 Å². The van der Waals surface area contributed by atoms with E-state index in [2.05, 4.69) is 78.6 Å². The van der Waals surface area contributed by atoms with Crippen molar-refractivity contribution in [3.8, 4) is 0 Å². The number of rotatable bonds is 15. The van der Waals surface area contributed by atoms with Gasteiger partial charge < -0.3 is 5.32 Å². The van der Waals surface area contributed by atoms with Crippen LogP contribution in [0.15, 0.2) is 109 Å². The van der Waals surface area contributed by atoms with Crippen LogP contribution in [-0.2, 0) is 0 Å². The number of hydrogen-bond acceptors (Lipinski definition) is 1. The average molecular weight is 406 g/mol. The van der Waals surface area contributed by atoms with Gasteiger partial charge in [-0.3, -0.25) is 0 Å². The second kappa shape index (κ2) is 14.4. The molecule has 0 aromatic carbocycles. The third-order valence-corrected chi connectivity index (χ3v) is 5.64. The summed E-state index contributed by atoms with van der Waals surface area (Å²) in [6.45, 7) is 33.7. The van der Waals surface area contributed by atoms with Gasteiger partial charge in [0.2, 0.25) is 0 Å². The van der Waals surface area contributed by atoms with E-state index in [0.29, 0.717) is 5.92 Å². The second-order valence-electron chi connectivity index (χ2n) is 8.09. The Labute approximate surface area is 186 Å². The van der Waals surface area contributed by atoms with E-state index in [1.54, 1.807) is 0 Å². The molecular formula is C29H43N. The first-order valence-corrected chi connectivity index (χ1v) is 11.0. The summed E-state index contributed by atoms with van der Waals surface area (Å²) in [5.41, 5.74) is 6.59. The van der Waals surface area contributed by atoms with Crippen molar-refractivity contribution in [1.29, 1.82) is 0 Å². The first-order valence-electron chi connectivity index (χ1n) is 11.0. The quantitative estimate of drug-likeness (QED) is 0.270. The molecule has 0 aromatic heterocycles. The Kier molecular flexibility index (Phi) is 13.2. The summed E-state index contributed by atoms with van der Waals surface area (Å²) >= 11 is 0. The summed E-state index contributed by atoms with van der Waals surface area (Å²) in [6, 6.07) is 0. The van der Waals surface area contributed by atoms with Crippen molar-refractivity contribution >= 4 is 0 Å². The topological polar surface area (TPSA) is 12.0 Å². The highest BCUT2D eigenvalue weighted by Gasteiger charge is 2.08. The maximum Gasteiger partial charge on any atom is 0.0264 e. The van der Waals surface area contributed by atoms with Gasteiger partial charge in [-0.15, -0.1) is 0 Å². The fraction of sp³-hybridized carbons (Fsp3) is 0.379. The van der Waals surface area contributed by atoms with Crippen molar-refractivity contribution in [2.75, 3.05) is 7.05 Å². The molecule has 0 bridgehead atoms. The van der Waals surface area contributed by atoms with Gasteiger partial charge in [0, 0.05) is 12.7 Å². The molecule has 0 spiro atoms. The fourth-order valence-corrected chi connectivity index (χ4v) is 2.70. The second-order valence-corrected chi connectivity index (χ2v) is 8.09. The van der Waals surface area contributed by atoms with Gasteiger partial charge in [-0.05, 0) is 58.6 Å². The molecule has 0 aliphatic rings. The van der Waals surface area contributed by atoms with Crippen LogP contribution in [0.3, 0.4) is 0 Å². The van der Waals surface area contributed by atoms with Crippen LogP contribution in [0.2, 0.25) is 0 Å². The molecule has 0 fully saturated rings. The zero-order valence-corrected chi connectivity index (χ0v) is 20.1. The summed E-state index contributed by atoms with van der Waals surface area (Å²) in [4.78, 5) is 0. The normalized spacial score (nSPS) is 13.8. The lowest BCUT2D eigenvalue weighted by molar-refractivity contribution is 0.454. The summed E-state index contributed by atoms with van der Waals surface area (Å²) in [6.07, 6.45) is 14.4. The van der Waals surface area contributed by atoms with Gasteiger partial charge in [0.05, 0.1) is 0 Å². The molecule has 0 heterocycles. The lowest BCUT2D eigenvalue weighted by Gasteiger charge is -2.15. The van der Waals surface area contributed by atoms with E-state index in [1.807, 2.05) is 31.4 Å². The number of allylic oxidation sites excluding steroid dienone is 11. The van der Waals surface area contributed by atoms with E-state index in [9.17, 15) is 0 Å². The summed E-state index contributed by atoms with van der Waals surface area (Å²) < 4.78 is 0. The molecule has 0 aliphatic heterocycles. The summed E-state index contributed by atoms with van der Waals surface area (Å²) in [7, 11) is 1.84. The zero-order valence-electron chi connectivity index (χ0n) is 20.1. The van der Waals surface area contributed by atoms with Gasteiger partial charge in [-0.2, -0.15) is 0 Å². The lowest BCUT2D eigenvalue weighted by Crippen LogP contribution is -2.01. The standard InChI is InChI=1S/C29H43N/c1-12-21(3)14-15-22(4)23(5)16-17-25(7)28(10)29(13-2)20-26(8)24(6)18-19-27(9)30-11/h16-22,30H,5-10,12-15H2,1-4,11H3/b17-16-,19-18-,29-20-. The minimum Gasteiger partial charge on any atom is -0.389 e. The number of hydrogen-bond donors (Lipinski definition) is 1. The van der Waals surface area contributed by atoms with Crippen molar-refractivity contribution in [2.45, 2.75) is 53.4 Å². The van der Waals surface area contributed by atoms with Gasteiger partial charge in [-0.25, -0.2) is 0 Å². The van der Waals surface area contributed by atoms with Crippen LogP contribution in [-0.4, -0.2) is 7.05 Å². The van der Waals surface area contributed by atoms with Gasteiger partial charge in [0.15, 0.2) is 0 Å². The molecule has 1 N–H and O–H groups in total. The average Bonchev–Trinajstić information content (AvgIpc) is 2.75. The van der Waals surface area contributed by atoms with Gasteiger partial charge in [-0.1, -0.05) is 110 Å². The van der Waals surface area contributed by atoms with Crippen LogP contribution in [0.4, 0.5) is 0 Å². The third-order valence-electron chi connectivity index (χ3n) is 5.64. The van der Waals surface area contributed by atoms with Gasteiger partial charge in [0.25, 0.3) is 0 Å². The first kappa shape index (κ1) is 27.5. The molecule has 164 valence electrons. The Morgan fingerprint density at radius 3 is 1.93 bits per heavy atom. The smallest absolute Gasteiger partial charge is 0.0264 e. The maximum atomic E-state index is 4.26. The van der Waals surface area contributed by atoms with Crippen molar-refractivity contribution in [1.82, 2.24) is 5.32 Å². The Morgan fingerprint density at radius 1 is 0.800 bits per heavy atom. The molecule has 0 saturated carbocycles. The Morgan fingerprint density at radius 2 is 1.40 bits per heavy atom. The van der Waals surface area contributed by atoms with Crippen molar-refractivity contribution in [3.05, 3.63) is 109 Å². The van der Waals surface area contributed by atoms with E-state index >= 15 is 0 Å². The van der Waals surface area contributed by atoms with E-state index in [4.69, 9.17) is 0 Å². The first-order chi connectivity index (χ1) is 14.1. The molecular weight excluding hydrogens is 362 g/mol. The highest BCUT2D eigenvalue weighted by Crippen LogP contribution is 2.25. The SMILES string of the molecule is C=C(/C=C\C(=C)C(=C)/C=C(/CC)C(=C)C(=C)/C=C\C(=C)C(C)CCC(C)CC)NC. The van der Waals surface area contributed by atoms with Crippen LogP contribution >= 0.6 is 0 Å². The van der Waals surface area contributed by atoms with Crippen LogP contribution in [0.1, 0.15) is 53.4 Å². The summed E-state index contributed by atoms with van der Waals surface area (Å²) in [5.74, 6) is 1.24. The van der Waals surface area contributed by atoms with E-state index in [0.717, 1.165) is 51.5 Å². The molecule has 1 nitrogen and oxygen atoms in total. The molecule has 2 atom stereocenters. The van der Waals surface area contributed by atoms with E-state index in [1.165, 1.54) is 19.3 Å². The summed E-state index contributed by atoms with van der Waals surface area (Å²) in [5, 5.41) is 2.98. The van der Waals surface area contributed by atoms with Gasteiger partial charge >= 0.3 is 0 Å². The maximum absolute atomic E-state index is 4.26. The van der Waals surface area contributed by atoms with Crippen LogP contribution in [0.25, 0.3) is 0 Å². The molecule has 30 heavy (non-hydrogen) atoms. The minimum atomic E-state index is 0.472. The molecule has 0 aliphatic carbocycles. The van der Waals surface area contributed by atoms with E-state index < -0.39 is 0 Å². The minimum absolute atomic E-state index is 0.472. The Hall–Kier alpha value is -2.54. The molecule has 0 radical (unpaired) electrons. The molecule has 2 unspecified atom stereocenters. The zero-order chi connectivity index (χ0) is 23.3. The number of likely N-dealkylation sites (N-methyl/N-ethyl adjacent to an activating group) is 1. The van der Waals surface area contributed by atoms with Crippen molar-refractivity contribution in [2.24, 2.45) is 11.8 Å². The van der Waals surface area contributed by atoms with Crippen molar-refractivity contribution < 1.29 is 0 Å². The highest BCUT2D eigenvalue weighted by atomic mass is 14.8. The molecule has 0 aromatic rings. The largest absolute Gasteiger partial charge is 0.389 e. The van der Waals surface area contributed by atoms with Gasteiger partial charge in [0.1, 0.15) is 0 Å². The molecule has 0 saturated heterocycles. The Bertz CT molecular complexity index is 751.